The molecule has 0 saturated carbocycles. The van der Waals surface area contributed by atoms with Crippen molar-refractivity contribution in [1.82, 2.24) is 0 Å². The number of hydrogen-bond acceptors (Lipinski definition) is 5. The standard InChI is InChI=1S/C9H9NO3S2/c1-4-7(14)10-5-3-6(8(11)12-2)15-9(5)13-4/h3-4H,1-2H3,(H,10,14). The van der Waals surface area contributed by atoms with Crippen molar-refractivity contribution in [2.75, 3.05) is 12.4 Å². The van der Waals surface area contributed by atoms with E-state index in [-0.39, 0.29) is 12.1 Å². The van der Waals surface area contributed by atoms with Crippen molar-refractivity contribution in [3.05, 3.63) is 10.9 Å². The van der Waals surface area contributed by atoms with Gasteiger partial charge in [-0.25, -0.2) is 4.79 Å². The molecule has 1 aliphatic heterocycles. The molecule has 0 amide bonds. The summed E-state index contributed by atoms with van der Waals surface area (Å²) in [6.07, 6.45) is -0.156. The normalized spacial score (nSPS) is 18.8. The third-order valence-corrected chi connectivity index (χ3v) is 3.44. The first-order valence-electron chi connectivity index (χ1n) is 4.31. The Bertz CT molecular complexity index is 427. The molecule has 1 aromatic heterocycles. The minimum Gasteiger partial charge on any atom is -0.472 e. The lowest BCUT2D eigenvalue weighted by Crippen LogP contribution is -2.31. The Morgan fingerprint density at radius 2 is 2.47 bits per heavy atom. The van der Waals surface area contributed by atoms with E-state index in [0.717, 1.165) is 5.69 Å². The number of carbonyl (C=O) groups is 1. The second-order valence-electron chi connectivity index (χ2n) is 3.05. The fourth-order valence-electron chi connectivity index (χ4n) is 1.20. The van der Waals surface area contributed by atoms with E-state index in [0.29, 0.717) is 14.9 Å². The molecule has 80 valence electrons. The van der Waals surface area contributed by atoms with E-state index in [2.05, 4.69) is 10.1 Å². The Morgan fingerprint density at radius 1 is 1.73 bits per heavy atom. The van der Waals surface area contributed by atoms with E-state index in [1.165, 1.54) is 18.4 Å². The van der Waals surface area contributed by atoms with Gasteiger partial charge in [0.2, 0.25) is 0 Å². The number of hydrogen-bond donors (Lipinski definition) is 1. The molecule has 1 N–H and O–H groups in total. The number of thiophene rings is 1. The van der Waals surface area contributed by atoms with Crippen LogP contribution >= 0.6 is 23.6 Å². The first-order valence-corrected chi connectivity index (χ1v) is 5.54. The van der Waals surface area contributed by atoms with Crippen molar-refractivity contribution in [1.29, 1.82) is 0 Å². The summed E-state index contributed by atoms with van der Waals surface area (Å²) in [4.78, 5) is 12.4. The fraction of sp³-hybridized carbons (Fsp3) is 0.333. The van der Waals surface area contributed by atoms with Crippen LogP contribution in [0.3, 0.4) is 0 Å². The van der Waals surface area contributed by atoms with Gasteiger partial charge in [-0.05, 0) is 13.0 Å². The number of carbonyl (C=O) groups excluding carboxylic acids is 1. The summed E-state index contributed by atoms with van der Waals surface area (Å²) in [5, 5.41) is 3.70. The fourth-order valence-corrected chi connectivity index (χ4v) is 2.31. The lowest BCUT2D eigenvalue weighted by Gasteiger charge is -2.22. The minimum absolute atomic E-state index is 0.156. The van der Waals surface area contributed by atoms with E-state index in [1.54, 1.807) is 6.07 Å². The van der Waals surface area contributed by atoms with Crippen molar-refractivity contribution in [2.24, 2.45) is 0 Å². The summed E-state index contributed by atoms with van der Waals surface area (Å²) in [6.45, 7) is 1.86. The first-order chi connectivity index (χ1) is 7.11. The Labute approximate surface area is 96.2 Å². The van der Waals surface area contributed by atoms with Crippen LogP contribution in [-0.2, 0) is 4.74 Å². The number of ether oxygens (including phenoxy) is 2. The summed E-state index contributed by atoms with van der Waals surface area (Å²) in [5.41, 5.74) is 0.739. The van der Waals surface area contributed by atoms with Crippen molar-refractivity contribution in [3.63, 3.8) is 0 Å². The Kier molecular flexibility index (Phi) is 2.62. The summed E-state index contributed by atoms with van der Waals surface area (Å²) < 4.78 is 10.1. The summed E-state index contributed by atoms with van der Waals surface area (Å²) in [6, 6.07) is 1.68. The van der Waals surface area contributed by atoms with Crippen LogP contribution in [0.1, 0.15) is 16.6 Å². The van der Waals surface area contributed by atoms with Gasteiger partial charge in [-0.2, -0.15) is 0 Å². The topological polar surface area (TPSA) is 47.6 Å². The lowest BCUT2D eigenvalue weighted by atomic mass is 10.3. The second kappa shape index (κ2) is 3.79. The number of anilines is 1. The summed E-state index contributed by atoms with van der Waals surface area (Å²) >= 11 is 6.32. The van der Waals surface area contributed by atoms with Gasteiger partial charge in [0.1, 0.15) is 16.0 Å². The predicted molar refractivity (Wildman–Crippen MR) is 62.0 cm³/mol. The second-order valence-corrected chi connectivity index (χ2v) is 4.51. The number of methoxy groups -OCH3 is 1. The number of nitrogens with one attached hydrogen (secondary N) is 1. The van der Waals surface area contributed by atoms with Crippen LogP contribution in [0.5, 0.6) is 5.06 Å². The van der Waals surface area contributed by atoms with Crippen molar-refractivity contribution >= 4 is 40.2 Å². The number of rotatable bonds is 1. The average molecular weight is 243 g/mol. The van der Waals surface area contributed by atoms with Gasteiger partial charge in [0, 0.05) is 0 Å². The summed E-state index contributed by atoms with van der Waals surface area (Å²) in [5.74, 6) is -0.363. The van der Waals surface area contributed by atoms with Crippen LogP contribution in [0.4, 0.5) is 5.69 Å². The van der Waals surface area contributed by atoms with Gasteiger partial charge in [0.15, 0.2) is 5.06 Å². The molecule has 1 unspecified atom stereocenters. The van der Waals surface area contributed by atoms with E-state index >= 15 is 0 Å². The van der Waals surface area contributed by atoms with E-state index in [1.807, 2.05) is 6.92 Å². The minimum atomic E-state index is -0.363. The molecule has 0 bridgehead atoms. The third-order valence-electron chi connectivity index (χ3n) is 2.00. The van der Waals surface area contributed by atoms with Gasteiger partial charge < -0.3 is 14.8 Å². The van der Waals surface area contributed by atoms with E-state index < -0.39 is 0 Å². The van der Waals surface area contributed by atoms with Gasteiger partial charge >= 0.3 is 5.97 Å². The monoisotopic (exact) mass is 243 g/mol. The Balaban J connectivity index is 2.33. The van der Waals surface area contributed by atoms with Crippen LogP contribution in [0.25, 0.3) is 0 Å². The van der Waals surface area contributed by atoms with E-state index in [4.69, 9.17) is 17.0 Å². The molecular weight excluding hydrogens is 234 g/mol. The Morgan fingerprint density at radius 3 is 3.13 bits per heavy atom. The van der Waals surface area contributed by atoms with Crippen molar-refractivity contribution < 1.29 is 14.3 Å². The predicted octanol–water partition coefficient (Wildman–Crippen LogP) is 2.05. The van der Waals surface area contributed by atoms with Crippen LogP contribution in [0.2, 0.25) is 0 Å². The highest BCUT2D eigenvalue weighted by molar-refractivity contribution is 7.80. The maximum absolute atomic E-state index is 11.3. The van der Waals surface area contributed by atoms with Gasteiger partial charge in [-0.3, -0.25) is 0 Å². The van der Waals surface area contributed by atoms with Crippen LogP contribution < -0.4 is 10.1 Å². The van der Waals surface area contributed by atoms with Crippen molar-refractivity contribution in [3.8, 4) is 5.06 Å². The smallest absolute Gasteiger partial charge is 0.348 e. The zero-order valence-electron chi connectivity index (χ0n) is 8.20. The molecule has 0 aromatic carbocycles. The molecular formula is C9H9NO3S2. The maximum atomic E-state index is 11.3. The highest BCUT2D eigenvalue weighted by atomic mass is 32.1. The molecule has 2 heterocycles. The van der Waals surface area contributed by atoms with E-state index in [9.17, 15) is 4.79 Å². The molecule has 0 spiro atoms. The quantitative estimate of drug-likeness (QED) is 0.604. The third kappa shape index (κ3) is 1.82. The van der Waals surface area contributed by atoms with Crippen LogP contribution in [-0.4, -0.2) is 24.2 Å². The highest BCUT2D eigenvalue weighted by Crippen LogP contribution is 2.38. The molecule has 1 aromatic rings. The molecule has 1 atom stereocenters. The van der Waals surface area contributed by atoms with Crippen LogP contribution in [0.15, 0.2) is 6.07 Å². The number of esters is 1. The molecule has 1 aliphatic rings. The van der Waals surface area contributed by atoms with Crippen LogP contribution in [0, 0.1) is 0 Å². The lowest BCUT2D eigenvalue weighted by molar-refractivity contribution is 0.0606. The zero-order chi connectivity index (χ0) is 11.0. The molecule has 6 heteroatoms. The number of fused-ring (bicyclic) bond motifs is 1. The molecule has 0 saturated heterocycles. The largest absolute Gasteiger partial charge is 0.472 e. The molecule has 0 aliphatic carbocycles. The Hall–Kier alpha value is -1.14. The highest BCUT2D eigenvalue weighted by Gasteiger charge is 2.25. The van der Waals surface area contributed by atoms with Gasteiger partial charge in [-0.1, -0.05) is 23.6 Å². The van der Waals surface area contributed by atoms with Gasteiger partial charge in [0.25, 0.3) is 0 Å². The average Bonchev–Trinajstić information content (AvgIpc) is 2.60. The summed E-state index contributed by atoms with van der Waals surface area (Å²) in [7, 11) is 1.35. The molecule has 4 nitrogen and oxygen atoms in total. The zero-order valence-corrected chi connectivity index (χ0v) is 9.83. The number of thiocarbonyl (C=S) groups is 1. The van der Waals surface area contributed by atoms with Gasteiger partial charge in [0.05, 0.1) is 12.8 Å². The SMILES string of the molecule is COC(=O)c1cc2c(s1)OC(C)C(=S)N2. The van der Waals surface area contributed by atoms with Gasteiger partial charge in [-0.15, -0.1) is 0 Å². The molecule has 2 rings (SSSR count). The molecule has 15 heavy (non-hydrogen) atoms. The van der Waals surface area contributed by atoms with Crippen molar-refractivity contribution in [2.45, 2.75) is 13.0 Å². The maximum Gasteiger partial charge on any atom is 0.348 e. The first kappa shape index (κ1) is 10.4. The molecule has 0 fully saturated rings. The molecule has 0 radical (unpaired) electrons.